The van der Waals surface area contributed by atoms with E-state index in [2.05, 4.69) is 5.32 Å². The molecule has 0 aromatic heterocycles. The smallest absolute Gasteiger partial charge is 0.338 e. The summed E-state index contributed by atoms with van der Waals surface area (Å²) < 4.78 is 5.10. The first-order valence-corrected chi connectivity index (χ1v) is 8.17. The van der Waals surface area contributed by atoms with Crippen molar-refractivity contribution >= 4 is 23.5 Å². The van der Waals surface area contributed by atoms with Crippen molar-refractivity contribution in [2.45, 2.75) is 19.8 Å². The zero-order valence-electron chi connectivity index (χ0n) is 13.5. The molecule has 0 radical (unpaired) electrons. The molecule has 2 aromatic carbocycles. The molecule has 0 saturated heterocycles. The van der Waals surface area contributed by atoms with Crippen molar-refractivity contribution in [3.63, 3.8) is 0 Å². The summed E-state index contributed by atoms with van der Waals surface area (Å²) >= 11 is 5.82. The fraction of sp³-hybridized carbons (Fsp3) is 0.263. The van der Waals surface area contributed by atoms with Gasteiger partial charge in [-0.1, -0.05) is 47.5 Å². The fourth-order valence-corrected chi connectivity index (χ4v) is 2.32. The van der Waals surface area contributed by atoms with Gasteiger partial charge in [-0.15, -0.1) is 0 Å². The molecule has 0 fully saturated rings. The molecule has 1 N–H and O–H groups in total. The maximum absolute atomic E-state index is 11.8. The second-order valence-corrected chi connectivity index (χ2v) is 5.92. The van der Waals surface area contributed by atoms with Crippen LogP contribution in [-0.4, -0.2) is 25.0 Å². The molecule has 4 nitrogen and oxygen atoms in total. The van der Waals surface area contributed by atoms with Gasteiger partial charge in [0.15, 0.2) is 0 Å². The number of hydrogen-bond acceptors (Lipinski definition) is 3. The molecule has 24 heavy (non-hydrogen) atoms. The van der Waals surface area contributed by atoms with Crippen molar-refractivity contribution in [2.75, 3.05) is 13.2 Å². The van der Waals surface area contributed by atoms with E-state index < -0.39 is 5.97 Å². The molecule has 2 aromatic rings. The lowest BCUT2D eigenvalue weighted by atomic mass is 10.1. The summed E-state index contributed by atoms with van der Waals surface area (Å²) in [7, 11) is 0. The standard InChI is InChI=1S/C19H20ClNO3/c1-14-5-7-15(8-6-14)9-10-18(22)21-11-12-24-19(23)16-3-2-4-17(20)13-16/h2-8,13H,9-12H2,1H3,(H,21,22). The van der Waals surface area contributed by atoms with Gasteiger partial charge in [0.05, 0.1) is 12.1 Å². The Labute approximate surface area is 146 Å². The molecule has 0 unspecified atom stereocenters. The predicted octanol–water partition coefficient (Wildman–Crippen LogP) is 3.55. The molecule has 0 saturated carbocycles. The quantitative estimate of drug-likeness (QED) is 0.616. The number of carbonyl (C=O) groups excluding carboxylic acids is 2. The van der Waals surface area contributed by atoms with Gasteiger partial charge >= 0.3 is 5.97 Å². The van der Waals surface area contributed by atoms with E-state index >= 15 is 0 Å². The summed E-state index contributed by atoms with van der Waals surface area (Å²) in [6.07, 6.45) is 1.10. The second kappa shape index (κ2) is 9.08. The van der Waals surface area contributed by atoms with Crippen molar-refractivity contribution < 1.29 is 14.3 Å². The Hall–Kier alpha value is -2.33. The van der Waals surface area contributed by atoms with Crippen LogP contribution >= 0.6 is 11.6 Å². The molecule has 0 heterocycles. The van der Waals surface area contributed by atoms with Gasteiger partial charge < -0.3 is 10.1 Å². The summed E-state index contributed by atoms with van der Waals surface area (Å²) in [6.45, 7) is 2.45. The zero-order valence-corrected chi connectivity index (χ0v) is 14.3. The van der Waals surface area contributed by atoms with Gasteiger partial charge in [0.25, 0.3) is 0 Å². The maximum atomic E-state index is 11.8. The van der Waals surface area contributed by atoms with Crippen LogP contribution in [0.15, 0.2) is 48.5 Å². The van der Waals surface area contributed by atoms with Crippen molar-refractivity contribution in [1.29, 1.82) is 0 Å². The van der Waals surface area contributed by atoms with Crippen molar-refractivity contribution in [1.82, 2.24) is 5.32 Å². The Morgan fingerprint density at radius 1 is 1.12 bits per heavy atom. The van der Waals surface area contributed by atoms with Gasteiger partial charge in [-0.3, -0.25) is 4.79 Å². The van der Waals surface area contributed by atoms with Crippen molar-refractivity contribution in [3.8, 4) is 0 Å². The summed E-state index contributed by atoms with van der Waals surface area (Å²) in [6, 6.07) is 14.7. The highest BCUT2D eigenvalue weighted by Gasteiger charge is 2.07. The highest BCUT2D eigenvalue weighted by molar-refractivity contribution is 6.30. The molecule has 1 amide bonds. The molecule has 5 heteroatoms. The van der Waals surface area contributed by atoms with Crippen LogP contribution in [0.25, 0.3) is 0 Å². The van der Waals surface area contributed by atoms with Gasteiger partial charge in [0.2, 0.25) is 5.91 Å². The highest BCUT2D eigenvalue weighted by Crippen LogP contribution is 2.11. The number of ether oxygens (including phenoxy) is 1. The average molecular weight is 346 g/mol. The monoisotopic (exact) mass is 345 g/mol. The summed E-state index contributed by atoms with van der Waals surface area (Å²) in [5.74, 6) is -0.513. The number of hydrogen-bond donors (Lipinski definition) is 1. The van der Waals surface area contributed by atoms with E-state index in [0.29, 0.717) is 30.0 Å². The molecule has 0 atom stereocenters. The van der Waals surface area contributed by atoms with Crippen LogP contribution in [0.1, 0.15) is 27.9 Å². The minimum absolute atomic E-state index is 0.0608. The van der Waals surface area contributed by atoms with Crippen LogP contribution in [0, 0.1) is 6.92 Å². The Kier molecular flexibility index (Phi) is 6.82. The van der Waals surface area contributed by atoms with Crippen LogP contribution in [0.3, 0.4) is 0 Å². The van der Waals surface area contributed by atoms with Crippen LogP contribution in [-0.2, 0) is 16.0 Å². The number of amides is 1. The Bertz CT molecular complexity index is 698. The van der Waals surface area contributed by atoms with E-state index in [9.17, 15) is 9.59 Å². The normalized spacial score (nSPS) is 10.2. The zero-order chi connectivity index (χ0) is 17.4. The SMILES string of the molecule is Cc1ccc(CCC(=O)NCCOC(=O)c2cccc(Cl)c2)cc1. The number of halogens is 1. The predicted molar refractivity (Wildman–Crippen MR) is 94.2 cm³/mol. The molecule has 126 valence electrons. The Morgan fingerprint density at radius 3 is 2.58 bits per heavy atom. The topological polar surface area (TPSA) is 55.4 Å². The largest absolute Gasteiger partial charge is 0.460 e. The van der Waals surface area contributed by atoms with E-state index in [1.807, 2.05) is 31.2 Å². The van der Waals surface area contributed by atoms with E-state index in [0.717, 1.165) is 5.56 Å². The van der Waals surface area contributed by atoms with Gasteiger partial charge in [-0.25, -0.2) is 4.79 Å². The minimum Gasteiger partial charge on any atom is -0.460 e. The first-order valence-electron chi connectivity index (χ1n) is 7.79. The molecular weight excluding hydrogens is 326 g/mol. The lowest BCUT2D eigenvalue weighted by molar-refractivity contribution is -0.121. The first kappa shape index (κ1) is 18.0. The maximum Gasteiger partial charge on any atom is 0.338 e. The van der Waals surface area contributed by atoms with Crippen LogP contribution in [0.5, 0.6) is 0 Å². The van der Waals surface area contributed by atoms with Crippen LogP contribution in [0.2, 0.25) is 5.02 Å². The van der Waals surface area contributed by atoms with E-state index in [1.54, 1.807) is 24.3 Å². The number of nitrogens with one attached hydrogen (secondary N) is 1. The molecule has 0 aliphatic heterocycles. The second-order valence-electron chi connectivity index (χ2n) is 5.48. The Balaban J connectivity index is 1.64. The summed E-state index contributed by atoms with van der Waals surface area (Å²) in [5.41, 5.74) is 2.72. The average Bonchev–Trinajstić information content (AvgIpc) is 2.58. The molecule has 0 spiro atoms. The third-order valence-electron chi connectivity index (χ3n) is 3.48. The van der Waals surface area contributed by atoms with E-state index in [-0.39, 0.29) is 12.5 Å². The summed E-state index contributed by atoms with van der Waals surface area (Å²) in [4.78, 5) is 23.6. The highest BCUT2D eigenvalue weighted by atomic mass is 35.5. The molecule has 2 rings (SSSR count). The number of aryl methyl sites for hydroxylation is 2. The number of carbonyl (C=O) groups is 2. The lowest BCUT2D eigenvalue weighted by Crippen LogP contribution is -2.28. The molecule has 0 bridgehead atoms. The van der Waals surface area contributed by atoms with Crippen molar-refractivity contribution in [3.05, 3.63) is 70.2 Å². The lowest BCUT2D eigenvalue weighted by Gasteiger charge is -2.07. The number of esters is 1. The number of rotatable bonds is 7. The molecule has 0 aliphatic carbocycles. The Morgan fingerprint density at radius 2 is 1.88 bits per heavy atom. The van der Waals surface area contributed by atoms with Crippen LogP contribution < -0.4 is 5.32 Å². The van der Waals surface area contributed by atoms with Gasteiger partial charge in [-0.2, -0.15) is 0 Å². The van der Waals surface area contributed by atoms with Gasteiger partial charge in [-0.05, 0) is 37.1 Å². The number of benzene rings is 2. The van der Waals surface area contributed by atoms with E-state index in [4.69, 9.17) is 16.3 Å². The van der Waals surface area contributed by atoms with Gasteiger partial charge in [0.1, 0.15) is 6.61 Å². The first-order chi connectivity index (χ1) is 11.5. The minimum atomic E-state index is -0.452. The van der Waals surface area contributed by atoms with Gasteiger partial charge in [0, 0.05) is 11.4 Å². The van der Waals surface area contributed by atoms with E-state index in [1.165, 1.54) is 5.56 Å². The fourth-order valence-electron chi connectivity index (χ4n) is 2.13. The third kappa shape index (κ3) is 6.05. The molecule has 0 aliphatic rings. The van der Waals surface area contributed by atoms with Crippen molar-refractivity contribution in [2.24, 2.45) is 0 Å². The van der Waals surface area contributed by atoms with Crippen LogP contribution in [0.4, 0.5) is 0 Å². The third-order valence-corrected chi connectivity index (χ3v) is 3.71. The molecular formula is C19H20ClNO3. The summed E-state index contributed by atoms with van der Waals surface area (Å²) in [5, 5.41) is 3.22.